The fourth-order valence-corrected chi connectivity index (χ4v) is 3.87. The molecule has 1 fully saturated rings. The van der Waals surface area contributed by atoms with Crippen molar-refractivity contribution in [3.8, 4) is 5.75 Å². The van der Waals surface area contributed by atoms with E-state index in [9.17, 15) is 4.79 Å². The summed E-state index contributed by atoms with van der Waals surface area (Å²) in [6, 6.07) is 7.15. The average Bonchev–Trinajstić information content (AvgIpc) is 3.06. The Morgan fingerprint density at radius 3 is 2.89 bits per heavy atom. The van der Waals surface area contributed by atoms with Crippen LogP contribution in [0.2, 0.25) is 0 Å². The molecule has 0 bridgehead atoms. The summed E-state index contributed by atoms with van der Waals surface area (Å²) in [5.41, 5.74) is 1.43. The number of carbonyl (C=O) groups excluding carboxylic acids is 1. The largest absolute Gasteiger partial charge is 0.489 e. The topological polar surface area (TPSA) is 63.7 Å². The van der Waals surface area contributed by atoms with Crippen molar-refractivity contribution in [3.63, 3.8) is 0 Å². The molecule has 1 aliphatic rings. The van der Waals surface area contributed by atoms with E-state index in [4.69, 9.17) is 9.47 Å². The molecule has 1 saturated heterocycles. The van der Waals surface area contributed by atoms with Crippen LogP contribution in [0.5, 0.6) is 5.75 Å². The molecule has 1 aromatic heterocycles. The van der Waals surface area contributed by atoms with Gasteiger partial charge < -0.3 is 9.47 Å². The predicted octanol–water partition coefficient (Wildman–Crippen LogP) is 3.57. The highest BCUT2D eigenvalue weighted by molar-refractivity contribution is 7.14. The Hall–Kier alpha value is -2.22. The summed E-state index contributed by atoms with van der Waals surface area (Å²) in [6.07, 6.45) is 2.09. The number of para-hydroxylation sites is 1. The zero-order valence-corrected chi connectivity index (χ0v) is 16.5. The third-order valence-electron chi connectivity index (χ3n) is 4.14. The van der Waals surface area contributed by atoms with Gasteiger partial charge in [0.15, 0.2) is 5.13 Å². The van der Waals surface area contributed by atoms with Gasteiger partial charge in [0.2, 0.25) is 0 Å². The zero-order valence-electron chi connectivity index (χ0n) is 15.7. The lowest BCUT2D eigenvalue weighted by Gasteiger charge is -2.34. The van der Waals surface area contributed by atoms with Crippen LogP contribution in [0.4, 0.5) is 5.13 Å². The van der Waals surface area contributed by atoms with Gasteiger partial charge in [0.25, 0.3) is 5.91 Å². The van der Waals surface area contributed by atoms with Crippen LogP contribution < -0.4 is 10.1 Å². The second kappa shape index (κ2) is 9.12. The lowest BCUT2D eigenvalue weighted by atomic mass is 10.2. The maximum Gasteiger partial charge on any atom is 0.261 e. The third kappa shape index (κ3) is 5.38. The summed E-state index contributed by atoms with van der Waals surface area (Å²) in [5.74, 6) is 0.298. The molecular formula is C20H25N3O3S. The lowest BCUT2D eigenvalue weighted by molar-refractivity contribution is -0.0707. The highest BCUT2D eigenvalue weighted by Crippen LogP contribution is 2.23. The number of morpholine rings is 1. The maximum absolute atomic E-state index is 12.6. The van der Waals surface area contributed by atoms with Gasteiger partial charge in [-0.3, -0.25) is 15.0 Å². The van der Waals surface area contributed by atoms with Crippen LogP contribution in [-0.2, 0) is 11.3 Å². The highest BCUT2D eigenvalue weighted by Gasteiger charge is 2.23. The molecule has 1 N–H and O–H groups in total. The molecule has 2 atom stereocenters. The lowest BCUT2D eigenvalue weighted by Crippen LogP contribution is -2.44. The molecule has 27 heavy (non-hydrogen) atoms. The summed E-state index contributed by atoms with van der Waals surface area (Å²) in [5, 5.41) is 5.44. The molecule has 6 nitrogen and oxygen atoms in total. The quantitative estimate of drug-likeness (QED) is 0.736. The van der Waals surface area contributed by atoms with Crippen LogP contribution in [0.25, 0.3) is 0 Å². The Labute approximate surface area is 163 Å². The molecule has 144 valence electrons. The normalized spacial score (nSPS) is 20.2. The molecule has 2 unspecified atom stereocenters. The van der Waals surface area contributed by atoms with Crippen LogP contribution in [0.15, 0.2) is 42.3 Å². The summed E-state index contributed by atoms with van der Waals surface area (Å²) >= 11 is 1.43. The van der Waals surface area contributed by atoms with Crippen LogP contribution in [0, 0.1) is 0 Å². The molecule has 7 heteroatoms. The fraction of sp³-hybridized carbons (Fsp3) is 0.400. The second-order valence-corrected chi connectivity index (χ2v) is 7.50. The van der Waals surface area contributed by atoms with Crippen molar-refractivity contribution in [1.82, 2.24) is 9.88 Å². The van der Waals surface area contributed by atoms with Gasteiger partial charge in [-0.25, -0.2) is 4.98 Å². The molecule has 0 spiro atoms. The third-order valence-corrected chi connectivity index (χ3v) is 4.95. The predicted molar refractivity (Wildman–Crippen MR) is 107 cm³/mol. The van der Waals surface area contributed by atoms with E-state index in [2.05, 4.69) is 35.6 Å². The van der Waals surface area contributed by atoms with E-state index < -0.39 is 0 Å². The summed E-state index contributed by atoms with van der Waals surface area (Å²) in [7, 11) is 0. The van der Waals surface area contributed by atoms with Gasteiger partial charge in [0, 0.05) is 25.0 Å². The minimum Gasteiger partial charge on any atom is -0.489 e. The van der Waals surface area contributed by atoms with E-state index in [0.29, 0.717) is 23.1 Å². The number of anilines is 1. The number of hydrogen-bond donors (Lipinski definition) is 1. The average molecular weight is 388 g/mol. The number of ether oxygens (including phenoxy) is 2. The number of nitrogens with one attached hydrogen (secondary N) is 1. The van der Waals surface area contributed by atoms with Crippen molar-refractivity contribution >= 4 is 22.4 Å². The number of hydrogen-bond acceptors (Lipinski definition) is 6. The first-order valence-corrected chi connectivity index (χ1v) is 9.89. The van der Waals surface area contributed by atoms with Crippen LogP contribution in [0.1, 0.15) is 29.9 Å². The molecule has 0 radical (unpaired) electrons. The summed E-state index contributed by atoms with van der Waals surface area (Å²) in [6.45, 7) is 10.7. The van der Waals surface area contributed by atoms with Gasteiger partial charge in [0.1, 0.15) is 12.4 Å². The van der Waals surface area contributed by atoms with Gasteiger partial charge in [-0.15, -0.1) is 11.3 Å². The maximum atomic E-state index is 12.6. The minimum atomic E-state index is -0.232. The first kappa shape index (κ1) is 19.5. The van der Waals surface area contributed by atoms with E-state index in [1.165, 1.54) is 11.3 Å². The molecule has 2 aromatic rings. The highest BCUT2D eigenvalue weighted by atomic mass is 32.1. The fourth-order valence-electron chi connectivity index (χ4n) is 3.17. The van der Waals surface area contributed by atoms with Gasteiger partial charge >= 0.3 is 0 Å². The number of amides is 1. The molecule has 0 aliphatic carbocycles. The van der Waals surface area contributed by atoms with Crippen molar-refractivity contribution < 1.29 is 14.3 Å². The van der Waals surface area contributed by atoms with Crippen LogP contribution in [-0.4, -0.2) is 47.7 Å². The van der Waals surface area contributed by atoms with Crippen molar-refractivity contribution in [2.45, 2.75) is 32.6 Å². The van der Waals surface area contributed by atoms with E-state index >= 15 is 0 Å². The van der Waals surface area contributed by atoms with Gasteiger partial charge in [-0.2, -0.15) is 0 Å². The monoisotopic (exact) mass is 387 g/mol. The van der Waals surface area contributed by atoms with E-state index in [0.717, 1.165) is 25.3 Å². The number of aromatic nitrogens is 1. The molecule has 0 saturated carbocycles. The number of thiazole rings is 1. The van der Waals surface area contributed by atoms with Gasteiger partial charge in [0.05, 0.1) is 23.5 Å². The SMILES string of the molecule is C=CCOc1ccccc1C(=O)Nc1nc(CN2CC(C)OC(C)C2)cs1. The molecular weight excluding hydrogens is 362 g/mol. The summed E-state index contributed by atoms with van der Waals surface area (Å²) < 4.78 is 11.3. The molecule has 3 rings (SSSR count). The van der Waals surface area contributed by atoms with E-state index in [-0.39, 0.29) is 18.1 Å². The Balaban J connectivity index is 1.62. The van der Waals surface area contributed by atoms with E-state index in [1.807, 2.05) is 17.5 Å². The Morgan fingerprint density at radius 2 is 2.15 bits per heavy atom. The van der Waals surface area contributed by atoms with Crippen molar-refractivity contribution in [2.75, 3.05) is 25.0 Å². The zero-order chi connectivity index (χ0) is 19.2. The van der Waals surface area contributed by atoms with Crippen molar-refractivity contribution in [3.05, 3.63) is 53.6 Å². The molecule has 1 aromatic carbocycles. The van der Waals surface area contributed by atoms with Gasteiger partial charge in [-0.1, -0.05) is 24.8 Å². The first-order valence-electron chi connectivity index (χ1n) is 9.01. The number of rotatable bonds is 7. The standard InChI is InChI=1S/C20H25N3O3S/c1-4-9-25-18-8-6-5-7-17(18)19(24)22-20-21-16(13-27-20)12-23-10-14(2)26-15(3)11-23/h4-8,13-15H,1,9-12H2,2-3H3,(H,21,22,24). The van der Waals surface area contributed by atoms with Crippen LogP contribution in [0.3, 0.4) is 0 Å². The Morgan fingerprint density at radius 1 is 1.41 bits per heavy atom. The number of benzene rings is 1. The van der Waals surface area contributed by atoms with Crippen molar-refractivity contribution in [1.29, 1.82) is 0 Å². The Kier molecular flexibility index (Phi) is 6.60. The minimum absolute atomic E-state index is 0.221. The summed E-state index contributed by atoms with van der Waals surface area (Å²) in [4.78, 5) is 19.5. The molecule has 1 amide bonds. The molecule has 2 heterocycles. The van der Waals surface area contributed by atoms with Crippen molar-refractivity contribution in [2.24, 2.45) is 0 Å². The Bertz CT molecular complexity index is 782. The molecule has 1 aliphatic heterocycles. The van der Waals surface area contributed by atoms with Crippen LogP contribution >= 0.6 is 11.3 Å². The second-order valence-electron chi connectivity index (χ2n) is 6.65. The number of carbonyl (C=O) groups is 1. The smallest absolute Gasteiger partial charge is 0.261 e. The van der Waals surface area contributed by atoms with Gasteiger partial charge in [-0.05, 0) is 26.0 Å². The van der Waals surface area contributed by atoms with E-state index in [1.54, 1.807) is 18.2 Å². The number of nitrogens with zero attached hydrogens (tertiary/aromatic N) is 2. The first-order chi connectivity index (χ1) is 13.0.